The van der Waals surface area contributed by atoms with Crippen LogP contribution in [0.3, 0.4) is 0 Å². The second-order valence-electron chi connectivity index (χ2n) is 6.60. The van der Waals surface area contributed by atoms with Gasteiger partial charge in [0.15, 0.2) is 0 Å². The lowest BCUT2D eigenvalue weighted by molar-refractivity contribution is -0.117. The Morgan fingerprint density at radius 2 is 2.00 bits per heavy atom. The van der Waals surface area contributed by atoms with E-state index in [0.29, 0.717) is 29.8 Å². The molecule has 0 saturated carbocycles. The van der Waals surface area contributed by atoms with Crippen LogP contribution in [0, 0.1) is 0 Å². The smallest absolute Gasteiger partial charge is 0.277 e. The van der Waals surface area contributed by atoms with E-state index in [1.54, 1.807) is 18.1 Å². The van der Waals surface area contributed by atoms with Crippen molar-refractivity contribution in [3.63, 3.8) is 0 Å². The fraction of sp³-hybridized carbons (Fsp3) is 0.238. The lowest BCUT2D eigenvalue weighted by atomic mass is 10.2. The quantitative estimate of drug-likeness (QED) is 0.579. The number of rotatable bonds is 7. The van der Waals surface area contributed by atoms with Gasteiger partial charge in [-0.3, -0.25) is 9.59 Å². The first-order valence-corrected chi connectivity index (χ1v) is 10.4. The van der Waals surface area contributed by atoms with Crippen LogP contribution >= 0.6 is 11.8 Å². The van der Waals surface area contributed by atoms with Crippen LogP contribution in [0.25, 0.3) is 11.5 Å². The van der Waals surface area contributed by atoms with E-state index in [-0.39, 0.29) is 17.6 Å². The molecule has 9 heteroatoms. The van der Waals surface area contributed by atoms with E-state index in [1.807, 2.05) is 42.5 Å². The summed E-state index contributed by atoms with van der Waals surface area (Å²) >= 11 is 1.15. The number of thioether (sulfide) groups is 1. The highest BCUT2D eigenvalue weighted by molar-refractivity contribution is 7.99. The third kappa shape index (κ3) is 4.46. The zero-order valence-corrected chi connectivity index (χ0v) is 17.1. The van der Waals surface area contributed by atoms with Gasteiger partial charge in [-0.2, -0.15) is 0 Å². The molecule has 0 bridgehead atoms. The van der Waals surface area contributed by atoms with Crippen LogP contribution in [0.4, 0.5) is 11.4 Å². The summed E-state index contributed by atoms with van der Waals surface area (Å²) in [7, 11) is 1.60. The molecule has 0 atom stereocenters. The molecule has 2 amide bonds. The SMILES string of the molecule is COc1ccc(-c2nnc(SCC(=O)Nc3ccccc3N3CCCC3=O)o2)cc1. The topological polar surface area (TPSA) is 97.6 Å². The van der Waals surface area contributed by atoms with Gasteiger partial charge in [-0.15, -0.1) is 10.2 Å². The van der Waals surface area contributed by atoms with Gasteiger partial charge in [0, 0.05) is 18.5 Å². The second kappa shape index (κ2) is 9.00. The Morgan fingerprint density at radius 3 is 2.73 bits per heavy atom. The molecule has 0 aliphatic carbocycles. The largest absolute Gasteiger partial charge is 0.497 e. The van der Waals surface area contributed by atoms with Crippen LogP contribution in [-0.4, -0.2) is 41.4 Å². The first-order chi connectivity index (χ1) is 14.6. The van der Waals surface area contributed by atoms with Gasteiger partial charge in [-0.25, -0.2) is 0 Å². The Labute approximate surface area is 177 Å². The molecule has 0 unspecified atom stereocenters. The molecule has 154 valence electrons. The van der Waals surface area contributed by atoms with Gasteiger partial charge in [-0.1, -0.05) is 23.9 Å². The van der Waals surface area contributed by atoms with Gasteiger partial charge in [0.2, 0.25) is 17.7 Å². The summed E-state index contributed by atoms with van der Waals surface area (Å²) in [6, 6.07) is 14.6. The number of amides is 2. The summed E-state index contributed by atoms with van der Waals surface area (Å²) in [5.74, 6) is 1.07. The van der Waals surface area contributed by atoms with Crippen molar-refractivity contribution in [3.8, 4) is 17.2 Å². The highest BCUT2D eigenvalue weighted by Crippen LogP contribution is 2.30. The summed E-state index contributed by atoms with van der Waals surface area (Å²) in [4.78, 5) is 26.2. The number of carbonyl (C=O) groups is 2. The van der Waals surface area contributed by atoms with Gasteiger partial charge >= 0.3 is 0 Å². The number of benzene rings is 2. The lowest BCUT2D eigenvalue weighted by Crippen LogP contribution is -2.25. The molecule has 1 aliphatic heterocycles. The Kier molecular flexibility index (Phi) is 5.99. The monoisotopic (exact) mass is 424 g/mol. The lowest BCUT2D eigenvalue weighted by Gasteiger charge is -2.19. The number of hydrogen-bond donors (Lipinski definition) is 1. The number of hydrogen-bond acceptors (Lipinski definition) is 7. The molecule has 2 aromatic carbocycles. The Balaban J connectivity index is 1.37. The van der Waals surface area contributed by atoms with Crippen molar-refractivity contribution in [1.29, 1.82) is 0 Å². The van der Waals surface area contributed by atoms with Crippen LogP contribution in [0.1, 0.15) is 12.8 Å². The molecule has 1 aromatic heterocycles. The molecular formula is C21H20N4O4S. The maximum absolute atomic E-state index is 12.4. The van der Waals surface area contributed by atoms with Crippen molar-refractivity contribution < 1.29 is 18.7 Å². The minimum absolute atomic E-state index is 0.0722. The van der Waals surface area contributed by atoms with E-state index < -0.39 is 0 Å². The van der Waals surface area contributed by atoms with Gasteiger partial charge in [0.05, 0.1) is 24.2 Å². The van der Waals surface area contributed by atoms with Gasteiger partial charge in [0.1, 0.15) is 5.75 Å². The minimum atomic E-state index is -0.219. The average Bonchev–Trinajstić information content (AvgIpc) is 3.42. The van der Waals surface area contributed by atoms with Crippen LogP contribution < -0.4 is 15.0 Å². The first kappa shape index (κ1) is 20.0. The zero-order valence-electron chi connectivity index (χ0n) is 16.3. The number of nitrogens with one attached hydrogen (secondary N) is 1. The maximum Gasteiger partial charge on any atom is 0.277 e. The normalized spacial score (nSPS) is 13.5. The highest BCUT2D eigenvalue weighted by Gasteiger charge is 2.24. The van der Waals surface area contributed by atoms with Crippen molar-refractivity contribution in [2.75, 3.05) is 29.6 Å². The van der Waals surface area contributed by atoms with Crippen LogP contribution in [0.5, 0.6) is 5.75 Å². The van der Waals surface area contributed by atoms with Crippen molar-refractivity contribution in [1.82, 2.24) is 10.2 Å². The fourth-order valence-corrected chi connectivity index (χ4v) is 3.71. The van der Waals surface area contributed by atoms with E-state index in [0.717, 1.165) is 35.2 Å². The van der Waals surface area contributed by atoms with Crippen molar-refractivity contribution in [2.24, 2.45) is 0 Å². The molecule has 1 fully saturated rings. The van der Waals surface area contributed by atoms with E-state index >= 15 is 0 Å². The standard InChI is InChI=1S/C21H20N4O4S/c1-28-15-10-8-14(9-11-15)20-23-24-21(29-20)30-13-18(26)22-16-5-2-3-6-17(16)25-12-4-7-19(25)27/h2-3,5-6,8-11H,4,7,12-13H2,1H3,(H,22,26). The molecule has 0 radical (unpaired) electrons. The summed E-state index contributed by atoms with van der Waals surface area (Å²) < 4.78 is 10.8. The van der Waals surface area contributed by atoms with E-state index in [9.17, 15) is 9.59 Å². The number of nitrogens with zero attached hydrogens (tertiary/aromatic N) is 3. The third-order valence-electron chi connectivity index (χ3n) is 4.61. The summed E-state index contributed by atoms with van der Waals surface area (Å²) in [6.07, 6.45) is 1.36. The predicted octanol–water partition coefficient (Wildman–Crippen LogP) is 3.60. The molecule has 8 nitrogen and oxygen atoms in total. The van der Waals surface area contributed by atoms with E-state index in [1.165, 1.54) is 0 Å². The summed E-state index contributed by atoms with van der Waals surface area (Å²) in [5, 5.41) is 11.2. The number of carbonyl (C=O) groups excluding carboxylic acids is 2. The van der Waals surface area contributed by atoms with Gasteiger partial charge in [0.25, 0.3) is 5.22 Å². The van der Waals surface area contributed by atoms with Crippen molar-refractivity contribution in [2.45, 2.75) is 18.1 Å². The number of methoxy groups -OCH3 is 1. The minimum Gasteiger partial charge on any atom is -0.497 e. The Hall–Kier alpha value is -3.33. The third-order valence-corrected chi connectivity index (χ3v) is 5.43. The number of aromatic nitrogens is 2. The molecule has 3 aromatic rings. The highest BCUT2D eigenvalue weighted by atomic mass is 32.2. The average molecular weight is 424 g/mol. The van der Waals surface area contributed by atoms with E-state index in [4.69, 9.17) is 9.15 Å². The van der Waals surface area contributed by atoms with Crippen LogP contribution in [0.2, 0.25) is 0 Å². The number of anilines is 2. The molecular weight excluding hydrogens is 404 g/mol. The molecule has 2 heterocycles. The molecule has 1 N–H and O–H groups in total. The van der Waals surface area contributed by atoms with Crippen molar-refractivity contribution >= 4 is 35.0 Å². The van der Waals surface area contributed by atoms with Gasteiger partial charge < -0.3 is 19.4 Å². The van der Waals surface area contributed by atoms with Crippen LogP contribution in [-0.2, 0) is 9.59 Å². The fourth-order valence-electron chi connectivity index (χ4n) is 3.15. The van der Waals surface area contributed by atoms with Gasteiger partial charge in [-0.05, 0) is 42.8 Å². The van der Waals surface area contributed by atoms with Crippen LogP contribution in [0.15, 0.2) is 58.2 Å². The zero-order chi connectivity index (χ0) is 20.9. The molecule has 4 rings (SSSR count). The predicted molar refractivity (Wildman–Crippen MR) is 114 cm³/mol. The second-order valence-corrected chi connectivity index (χ2v) is 7.53. The molecule has 1 aliphatic rings. The molecule has 0 spiro atoms. The Bertz CT molecular complexity index is 1050. The van der Waals surface area contributed by atoms with Crippen molar-refractivity contribution in [3.05, 3.63) is 48.5 Å². The summed E-state index contributed by atoms with van der Waals surface area (Å²) in [5.41, 5.74) is 2.10. The maximum atomic E-state index is 12.4. The molecule has 30 heavy (non-hydrogen) atoms. The first-order valence-electron chi connectivity index (χ1n) is 9.44. The number of ether oxygens (including phenoxy) is 1. The molecule has 1 saturated heterocycles. The summed E-state index contributed by atoms with van der Waals surface area (Å²) in [6.45, 7) is 0.663. The Morgan fingerprint density at radius 1 is 1.20 bits per heavy atom. The van der Waals surface area contributed by atoms with E-state index in [2.05, 4.69) is 15.5 Å². The number of para-hydroxylation sites is 2.